The molecule has 0 radical (unpaired) electrons. The highest BCUT2D eigenvalue weighted by atomic mass is 35.5. The molecule has 1 N–H and O–H groups in total. The maximum absolute atomic E-state index is 13.9. The minimum atomic E-state index is 0.00623. The average molecular weight is 553 g/mol. The van der Waals surface area contributed by atoms with Gasteiger partial charge in [0.05, 0.1) is 13.0 Å². The van der Waals surface area contributed by atoms with Crippen molar-refractivity contribution in [2.24, 2.45) is 5.92 Å². The molecule has 2 aromatic carbocycles. The summed E-state index contributed by atoms with van der Waals surface area (Å²) in [5.74, 6) is 1.45. The van der Waals surface area contributed by atoms with Gasteiger partial charge in [0.2, 0.25) is 5.91 Å². The Hall–Kier alpha value is -2.12. The second kappa shape index (κ2) is 12.6. The van der Waals surface area contributed by atoms with Gasteiger partial charge >= 0.3 is 0 Å². The second-order valence-corrected chi connectivity index (χ2v) is 12.4. The number of nitrogens with one attached hydrogen (secondary N) is 1. The molecule has 39 heavy (non-hydrogen) atoms. The van der Waals surface area contributed by atoms with Gasteiger partial charge in [-0.1, -0.05) is 48.7 Å². The van der Waals surface area contributed by atoms with Crippen molar-refractivity contribution in [3.05, 3.63) is 64.7 Å². The average Bonchev–Trinajstić information content (AvgIpc) is 3.63. The Balaban J connectivity index is 1.19. The monoisotopic (exact) mass is 552 g/mol. The maximum atomic E-state index is 13.9. The normalized spacial score (nSPS) is 24.0. The summed E-state index contributed by atoms with van der Waals surface area (Å²) in [6, 6.07) is 16.9. The molecule has 2 atom stereocenters. The summed E-state index contributed by atoms with van der Waals surface area (Å²) in [5.41, 5.74) is 2.71. The summed E-state index contributed by atoms with van der Waals surface area (Å²) >= 11 is 6.17. The molecule has 2 heterocycles. The highest BCUT2D eigenvalue weighted by Gasteiger charge is 2.44. The van der Waals surface area contributed by atoms with Crippen molar-refractivity contribution in [1.82, 2.24) is 20.0 Å². The van der Waals surface area contributed by atoms with E-state index in [0.29, 0.717) is 11.9 Å². The summed E-state index contributed by atoms with van der Waals surface area (Å²) in [5, 5.41) is 4.51. The molecule has 3 aliphatic rings. The van der Waals surface area contributed by atoms with Crippen LogP contribution in [0.15, 0.2) is 48.5 Å². The number of benzene rings is 2. The second-order valence-electron chi connectivity index (χ2n) is 12.0. The minimum Gasteiger partial charge on any atom is -0.497 e. The Bertz CT molecular complexity index is 1080. The highest BCUT2D eigenvalue weighted by molar-refractivity contribution is 6.30. The summed E-state index contributed by atoms with van der Waals surface area (Å²) in [6.45, 7) is 11.7. The van der Waals surface area contributed by atoms with Gasteiger partial charge in [0.1, 0.15) is 5.75 Å². The van der Waals surface area contributed by atoms with Gasteiger partial charge in [-0.05, 0) is 62.1 Å². The third-order valence-corrected chi connectivity index (χ3v) is 9.68. The number of rotatable bonds is 9. The van der Waals surface area contributed by atoms with Crippen LogP contribution in [0.4, 0.5) is 0 Å². The van der Waals surface area contributed by atoms with E-state index in [-0.39, 0.29) is 17.4 Å². The molecule has 2 saturated heterocycles. The Morgan fingerprint density at radius 2 is 1.67 bits per heavy atom. The van der Waals surface area contributed by atoms with E-state index in [0.717, 1.165) is 63.1 Å². The minimum absolute atomic E-state index is 0.00623. The van der Waals surface area contributed by atoms with Gasteiger partial charge in [0, 0.05) is 74.9 Å². The van der Waals surface area contributed by atoms with Gasteiger partial charge < -0.3 is 15.0 Å². The maximum Gasteiger partial charge on any atom is 0.227 e. The molecule has 7 heteroatoms. The number of carbonyl (C=O) groups is 1. The Kier molecular flexibility index (Phi) is 9.17. The Morgan fingerprint density at radius 3 is 2.28 bits per heavy atom. The molecule has 212 valence electrons. The van der Waals surface area contributed by atoms with Crippen molar-refractivity contribution >= 4 is 17.5 Å². The number of hydrogen-bond donors (Lipinski definition) is 1. The largest absolute Gasteiger partial charge is 0.497 e. The van der Waals surface area contributed by atoms with E-state index in [2.05, 4.69) is 58.1 Å². The zero-order chi connectivity index (χ0) is 27.4. The fraction of sp³-hybridized carbons (Fsp3) is 0.594. The number of ether oxygens (including phenoxy) is 1. The number of methoxy groups -OCH3 is 1. The quantitative estimate of drug-likeness (QED) is 0.473. The Labute approximate surface area is 239 Å². The van der Waals surface area contributed by atoms with Crippen LogP contribution in [0.5, 0.6) is 5.75 Å². The van der Waals surface area contributed by atoms with Gasteiger partial charge in [-0.25, -0.2) is 0 Å². The molecule has 1 saturated carbocycles. The smallest absolute Gasteiger partial charge is 0.227 e. The van der Waals surface area contributed by atoms with Crippen LogP contribution in [-0.2, 0) is 11.3 Å². The van der Waals surface area contributed by atoms with Gasteiger partial charge in [0.25, 0.3) is 0 Å². The first-order valence-corrected chi connectivity index (χ1v) is 15.1. The van der Waals surface area contributed by atoms with Crippen LogP contribution < -0.4 is 10.1 Å². The molecule has 2 aliphatic heterocycles. The van der Waals surface area contributed by atoms with Crippen molar-refractivity contribution in [2.75, 3.05) is 52.9 Å². The van der Waals surface area contributed by atoms with Crippen molar-refractivity contribution < 1.29 is 9.53 Å². The molecule has 2 unspecified atom stereocenters. The molecule has 3 fully saturated rings. The van der Waals surface area contributed by atoms with Gasteiger partial charge in [-0.3, -0.25) is 14.6 Å². The van der Waals surface area contributed by atoms with E-state index in [1.54, 1.807) is 7.11 Å². The number of carbonyl (C=O) groups excluding carboxylic acids is 1. The summed E-state index contributed by atoms with van der Waals surface area (Å²) < 4.78 is 5.29. The summed E-state index contributed by atoms with van der Waals surface area (Å²) in [6.07, 6.45) is 5.06. The predicted molar refractivity (Wildman–Crippen MR) is 158 cm³/mol. The van der Waals surface area contributed by atoms with Crippen LogP contribution in [0, 0.1) is 5.92 Å². The van der Waals surface area contributed by atoms with Crippen LogP contribution in [0.3, 0.4) is 0 Å². The zero-order valence-electron chi connectivity index (χ0n) is 23.9. The van der Waals surface area contributed by atoms with E-state index in [9.17, 15) is 4.79 Å². The van der Waals surface area contributed by atoms with E-state index in [4.69, 9.17) is 16.3 Å². The summed E-state index contributed by atoms with van der Waals surface area (Å²) in [4.78, 5) is 21.2. The van der Waals surface area contributed by atoms with E-state index >= 15 is 0 Å². The lowest BCUT2D eigenvalue weighted by Gasteiger charge is -2.47. The number of likely N-dealkylation sites (tertiary alicyclic amines) is 1. The lowest BCUT2D eigenvalue weighted by Crippen LogP contribution is -2.60. The molecule has 0 bridgehead atoms. The molecule has 1 aliphatic carbocycles. The van der Waals surface area contributed by atoms with Gasteiger partial charge in [-0.2, -0.15) is 0 Å². The first-order chi connectivity index (χ1) is 18.9. The van der Waals surface area contributed by atoms with Crippen LogP contribution in [0.2, 0.25) is 5.02 Å². The van der Waals surface area contributed by atoms with Crippen LogP contribution in [0.25, 0.3) is 0 Å². The predicted octanol–water partition coefficient (Wildman–Crippen LogP) is 5.02. The van der Waals surface area contributed by atoms with E-state index in [1.807, 2.05) is 24.3 Å². The first kappa shape index (κ1) is 28.4. The number of piperazine rings is 1. The Morgan fingerprint density at radius 1 is 1.00 bits per heavy atom. The number of hydrogen-bond acceptors (Lipinski definition) is 5. The topological polar surface area (TPSA) is 48.1 Å². The molecular formula is C32H45ClN4O2. The highest BCUT2D eigenvalue weighted by Crippen LogP contribution is 2.38. The number of amides is 1. The lowest BCUT2D eigenvalue weighted by atomic mass is 9.87. The molecule has 6 nitrogen and oxygen atoms in total. The SMILES string of the molecule is COc1ccc(CNCC2(N3CCN(C(=O)C4CN(C(C)C)CC4c4ccc(Cl)cc4)CC3)CCCC2)cc1. The third-order valence-electron chi connectivity index (χ3n) is 9.43. The summed E-state index contributed by atoms with van der Waals surface area (Å²) in [7, 11) is 1.70. The number of nitrogens with zero attached hydrogens (tertiary/aromatic N) is 3. The fourth-order valence-electron chi connectivity index (χ4n) is 7.01. The van der Waals surface area contributed by atoms with Crippen LogP contribution in [0.1, 0.15) is 56.6 Å². The van der Waals surface area contributed by atoms with Crippen molar-refractivity contribution in [2.45, 2.75) is 63.6 Å². The van der Waals surface area contributed by atoms with Crippen LogP contribution >= 0.6 is 11.6 Å². The molecule has 0 spiro atoms. The third kappa shape index (κ3) is 6.45. The molecule has 0 aromatic heterocycles. The lowest BCUT2D eigenvalue weighted by molar-refractivity contribution is -0.138. The zero-order valence-corrected chi connectivity index (χ0v) is 24.6. The van der Waals surface area contributed by atoms with E-state index < -0.39 is 0 Å². The van der Waals surface area contributed by atoms with Crippen molar-refractivity contribution in [1.29, 1.82) is 0 Å². The van der Waals surface area contributed by atoms with Gasteiger partial charge in [0.15, 0.2) is 0 Å². The first-order valence-electron chi connectivity index (χ1n) is 14.8. The van der Waals surface area contributed by atoms with E-state index in [1.165, 1.54) is 36.8 Å². The standard InChI is InChI=1S/C32H45ClN4O2/c1-24(2)36-21-29(26-8-10-27(33)11-9-26)30(22-36)31(38)35-16-18-37(19-17-35)32(14-4-5-15-32)23-34-20-25-6-12-28(39-3)13-7-25/h6-13,24,29-30,34H,4-5,14-23H2,1-3H3. The fourth-order valence-corrected chi connectivity index (χ4v) is 7.14. The molecular weight excluding hydrogens is 508 g/mol. The molecule has 5 rings (SSSR count). The molecule has 2 aromatic rings. The molecule has 1 amide bonds. The number of halogens is 1. The van der Waals surface area contributed by atoms with Crippen molar-refractivity contribution in [3.8, 4) is 5.75 Å². The van der Waals surface area contributed by atoms with Gasteiger partial charge in [-0.15, -0.1) is 0 Å². The van der Waals surface area contributed by atoms with Crippen LogP contribution in [-0.4, -0.2) is 85.1 Å². The van der Waals surface area contributed by atoms with Crippen molar-refractivity contribution in [3.63, 3.8) is 0 Å².